The number of hydrogen-bond acceptors (Lipinski definition) is 0. The molecule has 12 heavy (non-hydrogen) atoms. The standard InChI is InChI=1S/C9H7BrCl2/c1-6(5-11)7-2-3-8(10)9(12)4-7/h2-4H,1,5H2. The van der Waals surface area contributed by atoms with E-state index in [2.05, 4.69) is 22.5 Å². The van der Waals surface area contributed by atoms with Crippen LogP contribution in [0.5, 0.6) is 0 Å². The van der Waals surface area contributed by atoms with Gasteiger partial charge in [-0.3, -0.25) is 0 Å². The number of halogens is 3. The number of alkyl halides is 1. The Balaban J connectivity index is 3.05. The first-order chi connectivity index (χ1) is 5.65. The van der Waals surface area contributed by atoms with Crippen LogP contribution in [0.1, 0.15) is 5.56 Å². The summed E-state index contributed by atoms with van der Waals surface area (Å²) >= 11 is 14.8. The van der Waals surface area contributed by atoms with Gasteiger partial charge in [0.25, 0.3) is 0 Å². The zero-order valence-electron chi connectivity index (χ0n) is 6.28. The van der Waals surface area contributed by atoms with E-state index < -0.39 is 0 Å². The lowest BCUT2D eigenvalue weighted by Gasteiger charge is -2.02. The summed E-state index contributed by atoms with van der Waals surface area (Å²) in [5, 5.41) is 0.679. The summed E-state index contributed by atoms with van der Waals surface area (Å²) in [7, 11) is 0. The molecule has 1 aromatic carbocycles. The highest BCUT2D eigenvalue weighted by molar-refractivity contribution is 9.10. The fourth-order valence-corrected chi connectivity index (χ4v) is 1.37. The molecule has 0 heterocycles. The van der Waals surface area contributed by atoms with Crippen molar-refractivity contribution in [2.24, 2.45) is 0 Å². The molecule has 0 bridgehead atoms. The predicted molar refractivity (Wildman–Crippen MR) is 58.9 cm³/mol. The molecule has 0 aromatic heterocycles. The zero-order chi connectivity index (χ0) is 9.14. The van der Waals surface area contributed by atoms with Crippen LogP contribution in [0.2, 0.25) is 5.02 Å². The minimum Gasteiger partial charge on any atom is -0.122 e. The molecule has 0 spiro atoms. The highest BCUT2D eigenvalue weighted by atomic mass is 79.9. The summed E-state index contributed by atoms with van der Waals surface area (Å²) in [6.45, 7) is 3.81. The molecular weight excluding hydrogens is 259 g/mol. The average molecular weight is 266 g/mol. The molecule has 0 aliphatic carbocycles. The third kappa shape index (κ3) is 2.25. The van der Waals surface area contributed by atoms with Crippen LogP contribution in [-0.2, 0) is 0 Å². The molecule has 0 aliphatic heterocycles. The van der Waals surface area contributed by atoms with Crippen LogP contribution >= 0.6 is 39.1 Å². The molecule has 3 heteroatoms. The van der Waals surface area contributed by atoms with E-state index in [-0.39, 0.29) is 0 Å². The van der Waals surface area contributed by atoms with Crippen LogP contribution in [0.15, 0.2) is 29.3 Å². The van der Waals surface area contributed by atoms with E-state index in [4.69, 9.17) is 23.2 Å². The third-order valence-corrected chi connectivity index (χ3v) is 3.04. The quantitative estimate of drug-likeness (QED) is 0.698. The van der Waals surface area contributed by atoms with Crippen molar-refractivity contribution in [1.82, 2.24) is 0 Å². The average Bonchev–Trinajstić information content (AvgIpc) is 2.08. The molecular formula is C9H7BrCl2. The molecule has 0 atom stereocenters. The van der Waals surface area contributed by atoms with E-state index in [1.807, 2.05) is 18.2 Å². The lowest BCUT2D eigenvalue weighted by Crippen LogP contribution is -1.83. The van der Waals surface area contributed by atoms with E-state index in [1.165, 1.54) is 0 Å². The van der Waals surface area contributed by atoms with Crippen LogP contribution in [-0.4, -0.2) is 5.88 Å². The maximum atomic E-state index is 5.88. The summed E-state index contributed by atoms with van der Waals surface area (Å²) in [4.78, 5) is 0. The van der Waals surface area contributed by atoms with Crippen LogP contribution in [0, 0.1) is 0 Å². The van der Waals surface area contributed by atoms with Crippen molar-refractivity contribution in [3.8, 4) is 0 Å². The maximum Gasteiger partial charge on any atom is 0.0554 e. The third-order valence-electron chi connectivity index (χ3n) is 1.49. The van der Waals surface area contributed by atoms with Crippen LogP contribution in [0.4, 0.5) is 0 Å². The molecule has 0 saturated carbocycles. The summed E-state index contributed by atoms with van der Waals surface area (Å²) in [6.07, 6.45) is 0. The Labute approximate surface area is 90.3 Å². The summed E-state index contributed by atoms with van der Waals surface area (Å²) in [6, 6.07) is 5.66. The molecule has 0 unspecified atom stereocenters. The second-order valence-corrected chi connectivity index (χ2v) is 3.89. The topological polar surface area (TPSA) is 0 Å². The Kier molecular flexibility index (Phi) is 3.63. The molecule has 0 fully saturated rings. The Morgan fingerprint density at radius 1 is 1.50 bits per heavy atom. The largest absolute Gasteiger partial charge is 0.122 e. The SMILES string of the molecule is C=C(CCl)c1ccc(Br)c(Cl)c1. The molecule has 0 N–H and O–H groups in total. The van der Waals surface area contributed by atoms with Gasteiger partial charge in [0.15, 0.2) is 0 Å². The van der Waals surface area contributed by atoms with Gasteiger partial charge in [-0.2, -0.15) is 0 Å². The normalized spacial score (nSPS) is 9.92. The van der Waals surface area contributed by atoms with Gasteiger partial charge in [0.2, 0.25) is 0 Å². The highest BCUT2D eigenvalue weighted by Crippen LogP contribution is 2.26. The zero-order valence-corrected chi connectivity index (χ0v) is 9.38. The summed E-state index contributed by atoms with van der Waals surface area (Å²) < 4.78 is 0.885. The van der Waals surface area contributed by atoms with Crippen molar-refractivity contribution in [3.63, 3.8) is 0 Å². The fraction of sp³-hybridized carbons (Fsp3) is 0.111. The van der Waals surface area contributed by atoms with Gasteiger partial charge in [0.1, 0.15) is 0 Å². The first-order valence-corrected chi connectivity index (χ1v) is 5.05. The number of rotatable bonds is 2. The first-order valence-electron chi connectivity index (χ1n) is 3.34. The maximum absolute atomic E-state index is 5.88. The monoisotopic (exact) mass is 264 g/mol. The van der Waals surface area contributed by atoms with Gasteiger partial charge in [-0.15, -0.1) is 11.6 Å². The van der Waals surface area contributed by atoms with Crippen molar-refractivity contribution in [2.75, 3.05) is 5.88 Å². The molecule has 1 rings (SSSR count). The number of allylic oxidation sites excluding steroid dienone is 1. The number of hydrogen-bond donors (Lipinski definition) is 0. The first kappa shape index (κ1) is 10.1. The van der Waals surface area contributed by atoms with E-state index in [1.54, 1.807) is 0 Å². The minimum absolute atomic E-state index is 0.429. The number of benzene rings is 1. The van der Waals surface area contributed by atoms with Gasteiger partial charge in [0.05, 0.1) is 5.02 Å². The molecule has 64 valence electrons. The van der Waals surface area contributed by atoms with Crippen molar-refractivity contribution >= 4 is 44.7 Å². The van der Waals surface area contributed by atoms with Crippen molar-refractivity contribution in [3.05, 3.63) is 39.8 Å². The van der Waals surface area contributed by atoms with Gasteiger partial charge in [-0.1, -0.05) is 24.2 Å². The van der Waals surface area contributed by atoms with E-state index in [0.717, 1.165) is 15.6 Å². The Morgan fingerprint density at radius 2 is 2.17 bits per heavy atom. The lowest BCUT2D eigenvalue weighted by molar-refractivity contribution is 1.56. The van der Waals surface area contributed by atoms with E-state index in [0.29, 0.717) is 10.9 Å². The highest BCUT2D eigenvalue weighted by Gasteiger charge is 2.00. The predicted octanol–water partition coefficient (Wildman–Crippen LogP) is 4.35. The second-order valence-electron chi connectivity index (χ2n) is 2.37. The van der Waals surface area contributed by atoms with Crippen molar-refractivity contribution in [2.45, 2.75) is 0 Å². The second kappa shape index (κ2) is 4.31. The summed E-state index contributed by atoms with van der Waals surface area (Å²) in [5.74, 6) is 0.429. The molecule has 0 nitrogen and oxygen atoms in total. The van der Waals surface area contributed by atoms with Gasteiger partial charge in [-0.05, 0) is 39.2 Å². The van der Waals surface area contributed by atoms with E-state index >= 15 is 0 Å². The van der Waals surface area contributed by atoms with Crippen LogP contribution < -0.4 is 0 Å². The summed E-state index contributed by atoms with van der Waals surface area (Å²) in [5.41, 5.74) is 1.87. The van der Waals surface area contributed by atoms with Gasteiger partial charge < -0.3 is 0 Å². The van der Waals surface area contributed by atoms with E-state index in [9.17, 15) is 0 Å². The van der Waals surface area contributed by atoms with Crippen LogP contribution in [0.3, 0.4) is 0 Å². The molecule has 0 saturated heterocycles. The van der Waals surface area contributed by atoms with Crippen LogP contribution in [0.25, 0.3) is 5.57 Å². The van der Waals surface area contributed by atoms with Gasteiger partial charge in [0, 0.05) is 10.4 Å². The fourth-order valence-electron chi connectivity index (χ4n) is 0.793. The molecule has 1 aromatic rings. The Bertz CT molecular complexity index is 307. The molecule has 0 radical (unpaired) electrons. The lowest BCUT2D eigenvalue weighted by atomic mass is 10.1. The Morgan fingerprint density at radius 3 is 2.67 bits per heavy atom. The molecule has 0 aliphatic rings. The molecule has 0 amide bonds. The smallest absolute Gasteiger partial charge is 0.0554 e. The van der Waals surface area contributed by atoms with Gasteiger partial charge >= 0.3 is 0 Å². The Hall–Kier alpha value is 0.0200. The minimum atomic E-state index is 0.429. The van der Waals surface area contributed by atoms with Crippen molar-refractivity contribution in [1.29, 1.82) is 0 Å². The van der Waals surface area contributed by atoms with Gasteiger partial charge in [-0.25, -0.2) is 0 Å². The van der Waals surface area contributed by atoms with Crippen molar-refractivity contribution < 1.29 is 0 Å².